The van der Waals surface area contributed by atoms with Crippen molar-refractivity contribution >= 4 is 45.1 Å². The number of furan rings is 1. The molecule has 0 bridgehead atoms. The van der Waals surface area contributed by atoms with Crippen molar-refractivity contribution in [1.82, 2.24) is 0 Å². The Kier molecular flexibility index (Phi) is 6.24. The third kappa shape index (κ3) is 4.89. The summed E-state index contributed by atoms with van der Waals surface area (Å²) in [6.07, 6.45) is 0. The molecule has 7 nitrogen and oxygen atoms in total. The van der Waals surface area contributed by atoms with Gasteiger partial charge in [0.2, 0.25) is 5.09 Å². The molecule has 9 heteroatoms. The summed E-state index contributed by atoms with van der Waals surface area (Å²) in [5.41, 5.74) is 2.16. The van der Waals surface area contributed by atoms with E-state index in [2.05, 4.69) is 4.72 Å². The van der Waals surface area contributed by atoms with E-state index in [4.69, 9.17) is 9.15 Å². The van der Waals surface area contributed by atoms with E-state index in [0.717, 1.165) is 15.8 Å². The van der Waals surface area contributed by atoms with Crippen molar-refractivity contribution in [3.63, 3.8) is 0 Å². The molecule has 31 heavy (non-hydrogen) atoms. The SMILES string of the molecule is COc1ccc(SCc2cccc([N+](=O)[O-])c2)c(NS(=O)c2cc3ccccc3o2)c1. The molecule has 0 spiro atoms. The highest BCUT2D eigenvalue weighted by Crippen LogP contribution is 2.34. The first-order valence-corrected chi connectivity index (χ1v) is 11.4. The predicted molar refractivity (Wildman–Crippen MR) is 122 cm³/mol. The molecule has 4 rings (SSSR count). The Balaban J connectivity index is 1.56. The number of nitro benzene ring substituents is 1. The predicted octanol–water partition coefficient (Wildman–Crippen LogP) is 5.78. The van der Waals surface area contributed by atoms with Crippen molar-refractivity contribution < 1.29 is 18.3 Å². The molecule has 0 saturated carbocycles. The molecule has 1 aromatic heterocycles. The molecule has 0 aliphatic carbocycles. The van der Waals surface area contributed by atoms with Gasteiger partial charge < -0.3 is 9.15 Å². The van der Waals surface area contributed by atoms with Gasteiger partial charge in [-0.3, -0.25) is 14.8 Å². The Labute approximate surface area is 185 Å². The van der Waals surface area contributed by atoms with Gasteiger partial charge in [-0.2, -0.15) is 0 Å². The number of rotatable bonds is 8. The van der Waals surface area contributed by atoms with Crippen LogP contribution < -0.4 is 9.46 Å². The van der Waals surface area contributed by atoms with Crippen LogP contribution in [-0.2, 0) is 16.7 Å². The number of fused-ring (bicyclic) bond motifs is 1. The molecule has 0 saturated heterocycles. The van der Waals surface area contributed by atoms with Gasteiger partial charge in [0.05, 0.1) is 17.7 Å². The van der Waals surface area contributed by atoms with Gasteiger partial charge in [0.25, 0.3) is 5.69 Å². The summed E-state index contributed by atoms with van der Waals surface area (Å²) in [5, 5.41) is 12.2. The Bertz CT molecular complexity index is 1240. The Morgan fingerprint density at radius 1 is 1.10 bits per heavy atom. The van der Waals surface area contributed by atoms with E-state index in [1.54, 1.807) is 31.4 Å². The molecule has 3 aromatic carbocycles. The van der Waals surface area contributed by atoms with Crippen LogP contribution in [0.15, 0.2) is 87.2 Å². The van der Waals surface area contributed by atoms with E-state index in [1.807, 2.05) is 42.5 Å². The van der Waals surface area contributed by atoms with E-state index < -0.39 is 15.9 Å². The average molecular weight is 455 g/mol. The lowest BCUT2D eigenvalue weighted by atomic mass is 10.2. The van der Waals surface area contributed by atoms with Crippen molar-refractivity contribution in [2.24, 2.45) is 0 Å². The number of methoxy groups -OCH3 is 1. The van der Waals surface area contributed by atoms with Gasteiger partial charge in [0, 0.05) is 40.3 Å². The molecule has 1 unspecified atom stereocenters. The fraction of sp³-hybridized carbons (Fsp3) is 0.0909. The van der Waals surface area contributed by atoms with Crippen molar-refractivity contribution in [3.05, 3.63) is 88.5 Å². The number of nitrogens with one attached hydrogen (secondary N) is 1. The number of hydrogen-bond acceptors (Lipinski definition) is 6. The maximum absolute atomic E-state index is 12.9. The number of para-hydroxylation sites is 1. The summed E-state index contributed by atoms with van der Waals surface area (Å²) in [7, 11) is -0.0596. The number of ether oxygens (including phenoxy) is 1. The minimum atomic E-state index is -1.62. The van der Waals surface area contributed by atoms with Crippen molar-refractivity contribution in [2.75, 3.05) is 11.8 Å². The second-order valence-corrected chi connectivity index (χ2v) is 8.71. The zero-order chi connectivity index (χ0) is 21.8. The number of hydrogen-bond donors (Lipinski definition) is 1. The van der Waals surface area contributed by atoms with Crippen LogP contribution in [0.1, 0.15) is 5.56 Å². The third-order valence-electron chi connectivity index (χ3n) is 4.49. The topological polar surface area (TPSA) is 94.6 Å². The molecular formula is C22H18N2O5S2. The number of benzene rings is 3. The summed E-state index contributed by atoms with van der Waals surface area (Å²) in [4.78, 5) is 11.4. The van der Waals surface area contributed by atoms with Gasteiger partial charge in [-0.05, 0) is 23.8 Å². The number of nitro groups is 1. The lowest BCUT2D eigenvalue weighted by molar-refractivity contribution is -0.384. The summed E-state index contributed by atoms with van der Waals surface area (Å²) in [5.74, 6) is 1.13. The number of non-ortho nitro benzene ring substituents is 1. The van der Waals surface area contributed by atoms with E-state index in [1.165, 1.54) is 17.8 Å². The molecule has 0 radical (unpaired) electrons. The van der Waals surface area contributed by atoms with Gasteiger partial charge >= 0.3 is 0 Å². The Morgan fingerprint density at radius 3 is 2.71 bits per heavy atom. The second kappa shape index (κ2) is 9.23. The lowest BCUT2D eigenvalue weighted by Gasteiger charge is -2.12. The maximum atomic E-state index is 12.9. The number of nitrogens with zero attached hydrogens (tertiary/aromatic N) is 1. The number of anilines is 1. The quantitative estimate of drug-likeness (QED) is 0.206. The van der Waals surface area contributed by atoms with Crippen molar-refractivity contribution in [3.8, 4) is 5.75 Å². The maximum Gasteiger partial charge on any atom is 0.269 e. The van der Waals surface area contributed by atoms with E-state index >= 15 is 0 Å². The third-order valence-corrected chi connectivity index (χ3v) is 6.61. The normalized spacial score (nSPS) is 11.9. The molecule has 4 aromatic rings. The highest BCUT2D eigenvalue weighted by atomic mass is 32.2. The van der Waals surface area contributed by atoms with Gasteiger partial charge in [0.1, 0.15) is 11.3 Å². The second-order valence-electron chi connectivity index (χ2n) is 6.55. The average Bonchev–Trinajstić information content (AvgIpc) is 3.23. The van der Waals surface area contributed by atoms with Crippen LogP contribution in [0.4, 0.5) is 11.4 Å². The lowest BCUT2D eigenvalue weighted by Crippen LogP contribution is -2.05. The van der Waals surface area contributed by atoms with Gasteiger partial charge in [0.15, 0.2) is 11.0 Å². The van der Waals surface area contributed by atoms with Gasteiger partial charge in [-0.1, -0.05) is 30.3 Å². The smallest absolute Gasteiger partial charge is 0.269 e. The fourth-order valence-electron chi connectivity index (χ4n) is 2.96. The highest BCUT2D eigenvalue weighted by Gasteiger charge is 2.14. The van der Waals surface area contributed by atoms with Crippen molar-refractivity contribution in [2.45, 2.75) is 15.7 Å². The molecule has 158 valence electrons. The van der Waals surface area contributed by atoms with Crippen LogP contribution in [0.2, 0.25) is 0 Å². The van der Waals surface area contributed by atoms with Crippen LogP contribution in [0.25, 0.3) is 11.0 Å². The molecular weight excluding hydrogens is 436 g/mol. The molecule has 1 heterocycles. The largest absolute Gasteiger partial charge is 0.497 e. The standard InChI is InChI=1S/C22H18N2O5S2/c1-28-18-9-10-21(30-14-15-5-4-7-17(11-15)24(25)26)19(13-18)23-31(27)22-12-16-6-2-3-8-20(16)29-22/h2-13,23H,14H2,1H3. The summed E-state index contributed by atoms with van der Waals surface area (Å²) in [6.45, 7) is 0. The highest BCUT2D eigenvalue weighted by molar-refractivity contribution is 7.98. The number of thioether (sulfide) groups is 1. The van der Waals surface area contributed by atoms with Crippen LogP contribution in [-0.4, -0.2) is 16.2 Å². The summed E-state index contributed by atoms with van der Waals surface area (Å²) < 4.78 is 26.9. The van der Waals surface area contributed by atoms with E-state index in [0.29, 0.717) is 27.9 Å². The van der Waals surface area contributed by atoms with E-state index in [-0.39, 0.29) is 5.69 Å². The molecule has 0 aliphatic rings. The monoisotopic (exact) mass is 454 g/mol. The molecule has 0 fully saturated rings. The first-order chi connectivity index (χ1) is 15.0. The first-order valence-electron chi connectivity index (χ1n) is 9.24. The van der Waals surface area contributed by atoms with Crippen LogP contribution in [0.3, 0.4) is 0 Å². The Hall–Kier alpha value is -3.30. The zero-order valence-corrected chi connectivity index (χ0v) is 18.1. The van der Waals surface area contributed by atoms with Crippen LogP contribution in [0, 0.1) is 10.1 Å². The minimum absolute atomic E-state index is 0.0529. The molecule has 1 atom stereocenters. The first kappa shape index (κ1) is 21.0. The van der Waals surface area contributed by atoms with Gasteiger partial charge in [-0.15, -0.1) is 11.8 Å². The minimum Gasteiger partial charge on any atom is -0.497 e. The molecule has 0 aliphatic heterocycles. The molecule has 1 N–H and O–H groups in total. The Morgan fingerprint density at radius 2 is 1.94 bits per heavy atom. The fourth-order valence-corrected chi connectivity index (χ4v) is 4.83. The summed E-state index contributed by atoms with van der Waals surface area (Å²) >= 11 is 1.48. The van der Waals surface area contributed by atoms with Crippen molar-refractivity contribution in [1.29, 1.82) is 0 Å². The van der Waals surface area contributed by atoms with Crippen LogP contribution >= 0.6 is 11.8 Å². The summed E-state index contributed by atoms with van der Waals surface area (Å²) in [6, 6.07) is 21.2. The zero-order valence-electron chi connectivity index (χ0n) is 16.4. The van der Waals surface area contributed by atoms with E-state index in [9.17, 15) is 14.3 Å². The van der Waals surface area contributed by atoms with Crippen LogP contribution in [0.5, 0.6) is 5.75 Å². The van der Waals surface area contributed by atoms with Gasteiger partial charge in [-0.25, -0.2) is 4.21 Å². The molecule has 0 amide bonds.